The number of benzene rings is 1. The van der Waals surface area contributed by atoms with Crippen LogP contribution in [0.15, 0.2) is 24.3 Å². The summed E-state index contributed by atoms with van der Waals surface area (Å²) in [5.74, 6) is -1.35. The Hall–Kier alpha value is -1.46. The maximum atomic E-state index is 13.6. The molecule has 5 heteroatoms. The van der Waals surface area contributed by atoms with Crippen molar-refractivity contribution in [1.82, 2.24) is 10.6 Å². The van der Waals surface area contributed by atoms with Gasteiger partial charge in [0.15, 0.2) is 0 Å². The second-order valence-corrected chi connectivity index (χ2v) is 3.72. The van der Waals surface area contributed by atoms with Crippen molar-refractivity contribution in [2.45, 2.75) is 12.1 Å². The molecular weight excluding hydrogens is 211 g/mol. The summed E-state index contributed by atoms with van der Waals surface area (Å²) in [7, 11) is 0. The van der Waals surface area contributed by atoms with Gasteiger partial charge in [0, 0.05) is 18.7 Å². The van der Waals surface area contributed by atoms with Crippen LogP contribution in [0.5, 0.6) is 0 Å². The van der Waals surface area contributed by atoms with Crippen LogP contribution in [0.25, 0.3) is 0 Å². The summed E-state index contributed by atoms with van der Waals surface area (Å²) in [6.45, 7) is 1.20. The van der Waals surface area contributed by atoms with Crippen molar-refractivity contribution in [3.8, 4) is 0 Å². The second kappa shape index (κ2) is 4.59. The monoisotopic (exact) mass is 224 g/mol. The summed E-state index contributed by atoms with van der Waals surface area (Å²) in [6.07, 6.45) is 0. The number of rotatable bonds is 2. The average molecular weight is 224 g/mol. The zero-order chi connectivity index (χ0) is 11.5. The highest BCUT2D eigenvalue weighted by Crippen LogP contribution is 2.21. The van der Waals surface area contributed by atoms with E-state index in [0.29, 0.717) is 18.7 Å². The molecule has 1 aromatic carbocycles. The van der Waals surface area contributed by atoms with Crippen LogP contribution in [0.2, 0.25) is 0 Å². The highest BCUT2D eigenvalue weighted by Gasteiger charge is 2.32. The fraction of sp³-hybridized carbons (Fsp3) is 0.364. The number of hydrogen-bond acceptors (Lipinski definition) is 3. The molecule has 1 saturated heterocycles. The van der Waals surface area contributed by atoms with Crippen LogP contribution in [0.3, 0.4) is 0 Å². The lowest BCUT2D eigenvalue weighted by molar-refractivity contribution is -0.140. The Bertz CT molecular complexity index is 397. The Morgan fingerprint density at radius 3 is 2.69 bits per heavy atom. The zero-order valence-electron chi connectivity index (χ0n) is 8.61. The van der Waals surface area contributed by atoms with Gasteiger partial charge in [0.05, 0.1) is 6.04 Å². The quantitative estimate of drug-likeness (QED) is 0.685. The van der Waals surface area contributed by atoms with Gasteiger partial charge >= 0.3 is 5.97 Å². The molecule has 1 aromatic rings. The molecule has 0 saturated carbocycles. The van der Waals surface area contributed by atoms with Crippen LogP contribution in [-0.4, -0.2) is 30.2 Å². The van der Waals surface area contributed by atoms with E-state index in [-0.39, 0.29) is 5.82 Å². The lowest BCUT2D eigenvalue weighted by atomic mass is 9.97. The average Bonchev–Trinajstić information content (AvgIpc) is 2.29. The number of carboxylic acid groups (broad SMARTS) is 1. The Kier molecular flexibility index (Phi) is 3.17. The molecule has 2 atom stereocenters. The van der Waals surface area contributed by atoms with E-state index in [4.69, 9.17) is 5.11 Å². The third kappa shape index (κ3) is 2.05. The number of halogens is 1. The standard InChI is InChI=1S/C11H13FN2O2/c12-8-4-2-1-3-7(8)9-10(11(15)16)14-6-5-13-9/h1-4,9-10,13-14H,5-6H2,(H,15,16). The van der Waals surface area contributed by atoms with E-state index in [9.17, 15) is 9.18 Å². The first-order valence-electron chi connectivity index (χ1n) is 5.14. The minimum atomic E-state index is -0.972. The van der Waals surface area contributed by atoms with Gasteiger partial charge in [0.2, 0.25) is 0 Å². The molecule has 0 aromatic heterocycles. The van der Waals surface area contributed by atoms with Crippen LogP contribution in [0, 0.1) is 5.82 Å². The summed E-state index contributed by atoms with van der Waals surface area (Å²) < 4.78 is 13.6. The van der Waals surface area contributed by atoms with E-state index in [2.05, 4.69) is 10.6 Å². The van der Waals surface area contributed by atoms with Crippen molar-refractivity contribution in [3.05, 3.63) is 35.6 Å². The van der Waals surface area contributed by atoms with Crippen molar-refractivity contribution < 1.29 is 14.3 Å². The molecule has 2 unspecified atom stereocenters. The van der Waals surface area contributed by atoms with Gasteiger partial charge in [-0.2, -0.15) is 0 Å². The topological polar surface area (TPSA) is 61.4 Å². The minimum Gasteiger partial charge on any atom is -0.480 e. The molecule has 86 valence electrons. The van der Waals surface area contributed by atoms with Crippen LogP contribution in [0.4, 0.5) is 4.39 Å². The third-order valence-corrected chi connectivity index (χ3v) is 2.69. The zero-order valence-corrected chi connectivity index (χ0v) is 8.61. The lowest BCUT2D eigenvalue weighted by Crippen LogP contribution is -2.54. The van der Waals surface area contributed by atoms with E-state index < -0.39 is 18.1 Å². The van der Waals surface area contributed by atoms with Gasteiger partial charge in [-0.3, -0.25) is 4.79 Å². The fourth-order valence-corrected chi connectivity index (χ4v) is 1.94. The molecule has 0 bridgehead atoms. The van der Waals surface area contributed by atoms with E-state index >= 15 is 0 Å². The molecule has 0 aliphatic carbocycles. The highest BCUT2D eigenvalue weighted by molar-refractivity contribution is 5.75. The fourth-order valence-electron chi connectivity index (χ4n) is 1.94. The van der Waals surface area contributed by atoms with E-state index in [1.165, 1.54) is 6.07 Å². The number of carbonyl (C=O) groups is 1. The molecule has 3 N–H and O–H groups in total. The molecule has 1 aliphatic heterocycles. The molecule has 0 spiro atoms. The van der Waals surface area contributed by atoms with Crippen molar-refractivity contribution in [3.63, 3.8) is 0 Å². The summed E-state index contributed by atoms with van der Waals surface area (Å²) in [5.41, 5.74) is 0.391. The summed E-state index contributed by atoms with van der Waals surface area (Å²) in [4.78, 5) is 11.0. The first kappa shape index (κ1) is 11.0. The molecular formula is C11H13FN2O2. The van der Waals surface area contributed by atoms with Crippen molar-refractivity contribution in [2.75, 3.05) is 13.1 Å². The molecule has 0 amide bonds. The van der Waals surface area contributed by atoms with Gasteiger partial charge in [-0.15, -0.1) is 0 Å². The molecule has 16 heavy (non-hydrogen) atoms. The van der Waals surface area contributed by atoms with Gasteiger partial charge in [0.1, 0.15) is 11.9 Å². The maximum Gasteiger partial charge on any atom is 0.322 e. The molecule has 1 fully saturated rings. The van der Waals surface area contributed by atoms with Crippen LogP contribution >= 0.6 is 0 Å². The van der Waals surface area contributed by atoms with E-state index in [1.54, 1.807) is 18.2 Å². The number of carboxylic acids is 1. The normalized spacial score (nSPS) is 25.3. The molecule has 4 nitrogen and oxygen atoms in total. The van der Waals surface area contributed by atoms with Gasteiger partial charge in [0.25, 0.3) is 0 Å². The summed E-state index contributed by atoms with van der Waals surface area (Å²) >= 11 is 0. The predicted molar refractivity (Wildman–Crippen MR) is 56.6 cm³/mol. The third-order valence-electron chi connectivity index (χ3n) is 2.69. The number of hydrogen-bond donors (Lipinski definition) is 3. The SMILES string of the molecule is O=C(O)C1NCCNC1c1ccccc1F. The second-order valence-electron chi connectivity index (χ2n) is 3.72. The summed E-state index contributed by atoms with van der Waals surface area (Å²) in [5, 5.41) is 14.9. The summed E-state index contributed by atoms with van der Waals surface area (Å²) in [6, 6.07) is 4.93. The number of piperazine rings is 1. The highest BCUT2D eigenvalue weighted by atomic mass is 19.1. The smallest absolute Gasteiger partial charge is 0.322 e. The first-order chi connectivity index (χ1) is 7.70. The first-order valence-corrected chi connectivity index (χ1v) is 5.14. The predicted octanol–water partition coefficient (Wildman–Crippen LogP) is 0.513. The Morgan fingerprint density at radius 1 is 1.31 bits per heavy atom. The number of nitrogens with one attached hydrogen (secondary N) is 2. The molecule has 0 radical (unpaired) electrons. The number of aliphatic carboxylic acids is 1. The van der Waals surface area contributed by atoms with Crippen LogP contribution in [-0.2, 0) is 4.79 Å². The molecule has 2 rings (SSSR count). The van der Waals surface area contributed by atoms with Crippen molar-refractivity contribution in [2.24, 2.45) is 0 Å². The Balaban J connectivity index is 2.30. The van der Waals surface area contributed by atoms with Crippen molar-refractivity contribution >= 4 is 5.97 Å². The van der Waals surface area contributed by atoms with Gasteiger partial charge in [-0.1, -0.05) is 18.2 Å². The maximum absolute atomic E-state index is 13.6. The van der Waals surface area contributed by atoms with E-state index in [0.717, 1.165) is 0 Å². The minimum absolute atomic E-state index is 0.380. The lowest BCUT2D eigenvalue weighted by Gasteiger charge is -2.31. The van der Waals surface area contributed by atoms with Gasteiger partial charge in [-0.25, -0.2) is 4.39 Å². The van der Waals surface area contributed by atoms with Crippen molar-refractivity contribution in [1.29, 1.82) is 0 Å². The Morgan fingerprint density at radius 2 is 2.00 bits per heavy atom. The van der Waals surface area contributed by atoms with E-state index in [1.807, 2.05) is 0 Å². The van der Waals surface area contributed by atoms with Gasteiger partial charge < -0.3 is 15.7 Å². The van der Waals surface area contributed by atoms with Gasteiger partial charge in [-0.05, 0) is 6.07 Å². The molecule has 1 aliphatic rings. The van der Waals surface area contributed by atoms with Crippen LogP contribution < -0.4 is 10.6 Å². The Labute approximate surface area is 92.5 Å². The largest absolute Gasteiger partial charge is 0.480 e. The molecule has 1 heterocycles. The van der Waals surface area contributed by atoms with Crippen LogP contribution in [0.1, 0.15) is 11.6 Å².